The van der Waals surface area contributed by atoms with Crippen LogP contribution in [0, 0.1) is 0 Å². The van der Waals surface area contributed by atoms with E-state index in [1.165, 1.54) is 27.1 Å². The first-order valence-corrected chi connectivity index (χ1v) is 9.56. The third-order valence-corrected chi connectivity index (χ3v) is 5.44. The highest BCUT2D eigenvalue weighted by molar-refractivity contribution is 5.89. The normalized spacial score (nSPS) is 11.1. The summed E-state index contributed by atoms with van der Waals surface area (Å²) >= 11 is 0. The molecular weight excluding hydrogens is 340 g/mol. The Kier molecular flexibility index (Phi) is 4.06. The number of fused-ring (bicyclic) bond motifs is 2. The zero-order valence-corrected chi connectivity index (χ0v) is 15.5. The van der Waals surface area contributed by atoms with E-state index in [2.05, 4.69) is 72.8 Å². The molecule has 0 saturated carbocycles. The maximum atomic E-state index is 11.0. The van der Waals surface area contributed by atoms with Crippen LogP contribution in [-0.4, -0.2) is 5.11 Å². The average molecular weight is 360 g/mol. The Morgan fingerprint density at radius 3 is 2.11 bits per heavy atom. The van der Waals surface area contributed by atoms with Gasteiger partial charge >= 0.3 is 0 Å². The number of hydrogen-bond acceptors (Lipinski definition) is 1. The molecule has 5 aromatic rings. The second kappa shape index (κ2) is 6.86. The van der Waals surface area contributed by atoms with Crippen molar-refractivity contribution < 1.29 is 5.11 Å². The molecule has 0 radical (unpaired) electrons. The molecule has 1 heteroatoms. The lowest BCUT2D eigenvalue weighted by molar-refractivity contribution is 0.471. The lowest BCUT2D eigenvalue weighted by atomic mass is 9.94. The van der Waals surface area contributed by atoms with Gasteiger partial charge in [0, 0.05) is 12.0 Å². The van der Waals surface area contributed by atoms with Crippen molar-refractivity contribution >= 4 is 21.5 Å². The molecule has 0 fully saturated rings. The van der Waals surface area contributed by atoms with Gasteiger partial charge in [0.25, 0.3) is 0 Å². The van der Waals surface area contributed by atoms with E-state index >= 15 is 0 Å². The van der Waals surface area contributed by atoms with Crippen molar-refractivity contribution in [3.63, 3.8) is 0 Å². The Morgan fingerprint density at radius 1 is 0.536 bits per heavy atom. The first-order valence-electron chi connectivity index (χ1n) is 9.56. The van der Waals surface area contributed by atoms with Crippen molar-refractivity contribution in [2.75, 3.05) is 0 Å². The molecule has 28 heavy (non-hydrogen) atoms. The Labute approximate surface area is 164 Å². The number of phenols is 1. The van der Waals surface area contributed by atoms with E-state index in [9.17, 15) is 5.11 Å². The van der Waals surface area contributed by atoms with Gasteiger partial charge in [-0.3, -0.25) is 0 Å². The molecule has 0 atom stereocenters. The molecule has 0 aliphatic heterocycles. The fourth-order valence-electron chi connectivity index (χ4n) is 3.98. The van der Waals surface area contributed by atoms with Crippen molar-refractivity contribution in [3.05, 3.63) is 114 Å². The standard InChI is InChI=1S/C27H20O/c28-27-24(18-22-11-5-10-20-8-3-4-13-25(20)22)12-6-14-26(27)23-16-15-19-7-1-2-9-21(19)17-23/h1-17,28H,18H2. The second-order valence-corrected chi connectivity index (χ2v) is 7.19. The van der Waals surface area contributed by atoms with Crippen LogP contribution >= 0.6 is 0 Å². The van der Waals surface area contributed by atoms with E-state index in [1.807, 2.05) is 30.3 Å². The number of benzene rings is 5. The van der Waals surface area contributed by atoms with Crippen LogP contribution in [0.15, 0.2) is 103 Å². The smallest absolute Gasteiger partial charge is 0.126 e. The van der Waals surface area contributed by atoms with Gasteiger partial charge < -0.3 is 5.11 Å². The molecule has 0 spiro atoms. The van der Waals surface area contributed by atoms with Gasteiger partial charge in [-0.1, -0.05) is 97.1 Å². The number of para-hydroxylation sites is 1. The summed E-state index contributed by atoms with van der Waals surface area (Å²) in [7, 11) is 0. The molecule has 1 nitrogen and oxygen atoms in total. The zero-order chi connectivity index (χ0) is 18.9. The number of phenolic OH excluding ortho intramolecular Hbond substituents is 1. The fraction of sp³-hybridized carbons (Fsp3) is 0.0370. The first-order chi connectivity index (χ1) is 13.8. The van der Waals surface area contributed by atoms with Gasteiger partial charge in [0.2, 0.25) is 0 Å². The van der Waals surface area contributed by atoms with E-state index in [4.69, 9.17) is 0 Å². The Balaban J connectivity index is 1.58. The van der Waals surface area contributed by atoms with Crippen LogP contribution < -0.4 is 0 Å². The lowest BCUT2D eigenvalue weighted by Crippen LogP contribution is -1.92. The minimum Gasteiger partial charge on any atom is -0.507 e. The summed E-state index contributed by atoms with van der Waals surface area (Å²) in [4.78, 5) is 0. The molecule has 0 aliphatic carbocycles. The first kappa shape index (κ1) is 16.6. The topological polar surface area (TPSA) is 20.2 Å². The molecule has 5 aromatic carbocycles. The minimum absolute atomic E-state index is 0.366. The Hall–Kier alpha value is -3.58. The summed E-state index contributed by atoms with van der Waals surface area (Å²) in [5.41, 5.74) is 4.09. The fourth-order valence-corrected chi connectivity index (χ4v) is 3.98. The maximum absolute atomic E-state index is 11.0. The molecule has 0 bridgehead atoms. The molecule has 5 rings (SSSR count). The summed E-state index contributed by atoms with van der Waals surface area (Å²) in [6.45, 7) is 0. The van der Waals surface area contributed by atoms with Gasteiger partial charge in [0.05, 0.1) is 0 Å². The summed E-state index contributed by atoms with van der Waals surface area (Å²) in [5, 5.41) is 15.9. The maximum Gasteiger partial charge on any atom is 0.126 e. The van der Waals surface area contributed by atoms with Gasteiger partial charge in [-0.2, -0.15) is 0 Å². The quantitative estimate of drug-likeness (QED) is 0.369. The van der Waals surface area contributed by atoms with Crippen LogP contribution in [0.2, 0.25) is 0 Å². The third-order valence-electron chi connectivity index (χ3n) is 5.44. The summed E-state index contributed by atoms with van der Waals surface area (Å²) in [6, 6.07) is 35.4. The van der Waals surface area contributed by atoms with Crippen molar-refractivity contribution in [3.8, 4) is 16.9 Å². The minimum atomic E-state index is 0.366. The van der Waals surface area contributed by atoms with E-state index in [0.29, 0.717) is 12.2 Å². The second-order valence-electron chi connectivity index (χ2n) is 7.19. The van der Waals surface area contributed by atoms with Gasteiger partial charge in [-0.15, -0.1) is 0 Å². The molecule has 0 aromatic heterocycles. The van der Waals surface area contributed by atoms with Crippen LogP contribution in [0.5, 0.6) is 5.75 Å². The highest BCUT2D eigenvalue weighted by atomic mass is 16.3. The molecule has 1 N–H and O–H groups in total. The van der Waals surface area contributed by atoms with Crippen molar-refractivity contribution in [1.82, 2.24) is 0 Å². The highest BCUT2D eigenvalue weighted by Gasteiger charge is 2.11. The number of rotatable bonds is 3. The van der Waals surface area contributed by atoms with E-state index in [1.54, 1.807) is 0 Å². The van der Waals surface area contributed by atoms with Crippen molar-refractivity contribution in [1.29, 1.82) is 0 Å². The summed E-state index contributed by atoms with van der Waals surface area (Å²) in [5.74, 6) is 0.366. The highest BCUT2D eigenvalue weighted by Crippen LogP contribution is 2.35. The zero-order valence-electron chi connectivity index (χ0n) is 15.5. The van der Waals surface area contributed by atoms with Crippen molar-refractivity contribution in [2.24, 2.45) is 0 Å². The van der Waals surface area contributed by atoms with E-state index < -0.39 is 0 Å². The van der Waals surface area contributed by atoms with Crippen LogP contribution in [0.4, 0.5) is 0 Å². The summed E-state index contributed by atoms with van der Waals surface area (Å²) < 4.78 is 0. The predicted molar refractivity (Wildman–Crippen MR) is 118 cm³/mol. The number of hydrogen-bond donors (Lipinski definition) is 1. The third kappa shape index (κ3) is 2.91. The van der Waals surface area contributed by atoms with Gasteiger partial charge in [0.1, 0.15) is 5.75 Å². The lowest BCUT2D eigenvalue weighted by Gasteiger charge is -2.12. The molecule has 0 aliphatic rings. The predicted octanol–water partition coefficient (Wildman–Crippen LogP) is 6.96. The largest absolute Gasteiger partial charge is 0.507 e. The Morgan fingerprint density at radius 2 is 1.21 bits per heavy atom. The Bertz CT molecular complexity index is 1290. The van der Waals surface area contributed by atoms with Gasteiger partial charge in [-0.25, -0.2) is 0 Å². The molecule has 0 heterocycles. The van der Waals surface area contributed by atoms with Gasteiger partial charge in [0.15, 0.2) is 0 Å². The molecular formula is C27H20O. The monoisotopic (exact) mass is 360 g/mol. The average Bonchev–Trinajstić information content (AvgIpc) is 2.75. The molecule has 0 saturated heterocycles. The molecule has 134 valence electrons. The summed E-state index contributed by atoms with van der Waals surface area (Å²) in [6.07, 6.45) is 0.703. The van der Waals surface area contributed by atoms with Crippen LogP contribution in [0.1, 0.15) is 11.1 Å². The molecule has 0 unspecified atom stereocenters. The van der Waals surface area contributed by atoms with Crippen LogP contribution in [-0.2, 0) is 6.42 Å². The van der Waals surface area contributed by atoms with Crippen LogP contribution in [0.3, 0.4) is 0 Å². The van der Waals surface area contributed by atoms with Gasteiger partial charge in [-0.05, 0) is 44.3 Å². The van der Waals surface area contributed by atoms with Crippen LogP contribution in [0.25, 0.3) is 32.7 Å². The van der Waals surface area contributed by atoms with Crippen molar-refractivity contribution in [2.45, 2.75) is 6.42 Å². The van der Waals surface area contributed by atoms with E-state index in [0.717, 1.165) is 16.7 Å². The molecule has 0 amide bonds. The SMILES string of the molecule is Oc1c(Cc2cccc3ccccc23)cccc1-c1ccc2ccccc2c1. The number of aromatic hydroxyl groups is 1. The van der Waals surface area contributed by atoms with E-state index in [-0.39, 0.29) is 0 Å².